The summed E-state index contributed by atoms with van der Waals surface area (Å²) in [7, 11) is 0. The second-order valence-electron chi connectivity index (χ2n) is 4.48. The molecule has 0 spiro atoms. The van der Waals surface area contributed by atoms with E-state index in [4.69, 9.17) is 9.47 Å². The highest BCUT2D eigenvalue weighted by molar-refractivity contribution is 5.13. The first-order valence-corrected chi connectivity index (χ1v) is 5.95. The molecule has 0 aliphatic carbocycles. The van der Waals surface area contributed by atoms with Crippen molar-refractivity contribution >= 4 is 0 Å². The van der Waals surface area contributed by atoms with Crippen LogP contribution in [0.5, 0.6) is 0 Å². The zero-order valence-electron chi connectivity index (χ0n) is 10.1. The summed E-state index contributed by atoms with van der Waals surface area (Å²) in [5.74, 6) is 0. The van der Waals surface area contributed by atoms with Gasteiger partial charge in [-0.1, -0.05) is 30.3 Å². The first-order valence-electron chi connectivity index (χ1n) is 5.95. The Morgan fingerprint density at radius 2 is 1.72 bits per heavy atom. The smallest absolute Gasteiger partial charge is 0.186 e. The summed E-state index contributed by atoms with van der Waals surface area (Å²) in [4.78, 5) is 0. The van der Waals surface area contributed by atoms with Crippen molar-refractivity contribution in [3.63, 3.8) is 0 Å². The van der Waals surface area contributed by atoms with Crippen LogP contribution in [-0.4, -0.2) is 46.0 Å². The van der Waals surface area contributed by atoms with Crippen molar-refractivity contribution in [2.45, 2.75) is 44.2 Å². The quantitative estimate of drug-likeness (QED) is 0.709. The molecule has 1 aliphatic rings. The molecule has 0 unspecified atom stereocenters. The van der Waals surface area contributed by atoms with Crippen LogP contribution in [0.15, 0.2) is 30.3 Å². The normalized spacial score (nSPS) is 36.6. The van der Waals surface area contributed by atoms with Crippen molar-refractivity contribution in [3.8, 4) is 0 Å². The van der Waals surface area contributed by atoms with E-state index in [0.29, 0.717) is 0 Å². The molecular weight excluding hydrogens is 236 g/mol. The molecule has 5 nitrogen and oxygen atoms in total. The summed E-state index contributed by atoms with van der Waals surface area (Å²) >= 11 is 0. The van der Waals surface area contributed by atoms with Crippen LogP contribution in [0.25, 0.3) is 0 Å². The molecule has 1 aromatic rings. The molecule has 5 heteroatoms. The standard InChI is InChI=1S/C13H18O5/c1-8-10(14)11(15)12(16)13(18-8)17-7-9-5-3-2-4-6-9/h2-6,8,10-16H,7H2,1H3/t8-,10-,11+,12+,13+/m0/s1. The molecule has 1 aromatic carbocycles. The maximum absolute atomic E-state index is 9.74. The molecular formula is C13H18O5. The van der Waals surface area contributed by atoms with Crippen molar-refractivity contribution in [2.75, 3.05) is 0 Å². The third-order valence-corrected chi connectivity index (χ3v) is 3.07. The third kappa shape index (κ3) is 2.88. The molecule has 1 saturated heterocycles. The maximum atomic E-state index is 9.74. The van der Waals surface area contributed by atoms with E-state index in [0.717, 1.165) is 5.56 Å². The number of benzene rings is 1. The molecule has 0 saturated carbocycles. The molecule has 100 valence electrons. The maximum Gasteiger partial charge on any atom is 0.186 e. The Labute approximate surface area is 106 Å². The van der Waals surface area contributed by atoms with Gasteiger partial charge < -0.3 is 24.8 Å². The predicted molar refractivity (Wildman–Crippen MR) is 63.6 cm³/mol. The SMILES string of the molecule is C[C@@H]1O[C@@H](OCc2ccccc2)[C@H](O)[C@H](O)[C@H]1O. The molecule has 1 aliphatic heterocycles. The number of aliphatic hydroxyl groups is 3. The van der Waals surface area contributed by atoms with Gasteiger partial charge in [0.2, 0.25) is 0 Å². The van der Waals surface area contributed by atoms with E-state index in [1.165, 1.54) is 0 Å². The lowest BCUT2D eigenvalue weighted by Gasteiger charge is -2.38. The van der Waals surface area contributed by atoms with Gasteiger partial charge in [0.15, 0.2) is 6.29 Å². The molecule has 0 bridgehead atoms. The van der Waals surface area contributed by atoms with Gasteiger partial charge in [0, 0.05) is 0 Å². The molecule has 0 aromatic heterocycles. The van der Waals surface area contributed by atoms with E-state index in [9.17, 15) is 15.3 Å². The van der Waals surface area contributed by atoms with E-state index >= 15 is 0 Å². The van der Waals surface area contributed by atoms with Gasteiger partial charge in [-0.15, -0.1) is 0 Å². The highest BCUT2D eigenvalue weighted by Crippen LogP contribution is 2.22. The van der Waals surface area contributed by atoms with Gasteiger partial charge in [0.25, 0.3) is 0 Å². The zero-order chi connectivity index (χ0) is 13.1. The lowest BCUT2D eigenvalue weighted by atomic mass is 10.00. The van der Waals surface area contributed by atoms with Crippen LogP contribution >= 0.6 is 0 Å². The third-order valence-electron chi connectivity index (χ3n) is 3.07. The number of hydrogen-bond donors (Lipinski definition) is 3. The van der Waals surface area contributed by atoms with Gasteiger partial charge in [-0.05, 0) is 12.5 Å². The number of rotatable bonds is 3. The van der Waals surface area contributed by atoms with E-state index in [1.807, 2.05) is 30.3 Å². The number of ether oxygens (including phenoxy) is 2. The molecule has 2 rings (SSSR count). The average Bonchev–Trinajstić information content (AvgIpc) is 2.40. The van der Waals surface area contributed by atoms with Gasteiger partial charge in [-0.2, -0.15) is 0 Å². The summed E-state index contributed by atoms with van der Waals surface area (Å²) in [6.07, 6.45) is -5.12. The van der Waals surface area contributed by atoms with Crippen LogP contribution < -0.4 is 0 Å². The van der Waals surface area contributed by atoms with Crippen LogP contribution in [0, 0.1) is 0 Å². The van der Waals surface area contributed by atoms with E-state index in [1.54, 1.807) is 6.92 Å². The Balaban J connectivity index is 1.93. The van der Waals surface area contributed by atoms with Crippen LogP contribution in [-0.2, 0) is 16.1 Å². The van der Waals surface area contributed by atoms with Crippen molar-refractivity contribution in [3.05, 3.63) is 35.9 Å². The Morgan fingerprint density at radius 3 is 2.39 bits per heavy atom. The summed E-state index contributed by atoms with van der Waals surface area (Å²) in [6, 6.07) is 9.46. The lowest BCUT2D eigenvalue weighted by molar-refractivity contribution is -0.296. The van der Waals surface area contributed by atoms with Crippen LogP contribution in [0.1, 0.15) is 12.5 Å². The van der Waals surface area contributed by atoms with Gasteiger partial charge in [0.05, 0.1) is 12.7 Å². The summed E-state index contributed by atoms with van der Waals surface area (Å²) < 4.78 is 10.7. The van der Waals surface area contributed by atoms with Gasteiger partial charge in [-0.25, -0.2) is 0 Å². The zero-order valence-corrected chi connectivity index (χ0v) is 10.1. The second-order valence-corrected chi connectivity index (χ2v) is 4.48. The minimum atomic E-state index is -1.26. The Bertz CT molecular complexity index is 369. The minimum Gasteiger partial charge on any atom is -0.388 e. The number of hydrogen-bond acceptors (Lipinski definition) is 5. The largest absolute Gasteiger partial charge is 0.388 e. The molecule has 1 fully saturated rings. The van der Waals surface area contributed by atoms with Crippen LogP contribution in [0.3, 0.4) is 0 Å². The summed E-state index contributed by atoms with van der Waals surface area (Å²) in [6.45, 7) is 1.90. The van der Waals surface area contributed by atoms with Crippen LogP contribution in [0.2, 0.25) is 0 Å². The minimum absolute atomic E-state index is 0.276. The monoisotopic (exact) mass is 254 g/mol. The highest BCUT2D eigenvalue weighted by Gasteiger charge is 2.42. The van der Waals surface area contributed by atoms with Gasteiger partial charge >= 0.3 is 0 Å². The fraction of sp³-hybridized carbons (Fsp3) is 0.538. The topological polar surface area (TPSA) is 79.2 Å². The summed E-state index contributed by atoms with van der Waals surface area (Å²) in [5.41, 5.74) is 0.946. The molecule has 5 atom stereocenters. The second kappa shape index (κ2) is 5.77. The first kappa shape index (κ1) is 13.5. The molecule has 0 radical (unpaired) electrons. The molecule has 18 heavy (non-hydrogen) atoms. The highest BCUT2D eigenvalue weighted by atomic mass is 16.7. The van der Waals surface area contributed by atoms with E-state index in [2.05, 4.69) is 0 Å². The van der Waals surface area contributed by atoms with E-state index in [-0.39, 0.29) is 6.61 Å². The Kier molecular flexibility index (Phi) is 4.31. The predicted octanol–water partition coefficient (Wildman–Crippen LogP) is 0.0307. The van der Waals surface area contributed by atoms with E-state index < -0.39 is 30.7 Å². The fourth-order valence-electron chi connectivity index (χ4n) is 1.90. The first-order chi connectivity index (χ1) is 8.59. The van der Waals surface area contributed by atoms with Crippen molar-refractivity contribution < 1.29 is 24.8 Å². The Morgan fingerprint density at radius 1 is 1.06 bits per heavy atom. The molecule has 0 amide bonds. The average molecular weight is 254 g/mol. The molecule has 1 heterocycles. The van der Waals surface area contributed by atoms with Gasteiger partial charge in [-0.3, -0.25) is 0 Å². The van der Waals surface area contributed by atoms with Crippen LogP contribution in [0.4, 0.5) is 0 Å². The Hall–Kier alpha value is -0.980. The summed E-state index contributed by atoms with van der Waals surface area (Å²) in [5, 5.41) is 28.9. The van der Waals surface area contributed by atoms with Gasteiger partial charge in [0.1, 0.15) is 18.3 Å². The van der Waals surface area contributed by atoms with Crippen molar-refractivity contribution in [1.29, 1.82) is 0 Å². The van der Waals surface area contributed by atoms with Crippen molar-refractivity contribution in [2.24, 2.45) is 0 Å². The number of aliphatic hydroxyl groups excluding tert-OH is 3. The fourth-order valence-corrected chi connectivity index (χ4v) is 1.90. The van der Waals surface area contributed by atoms with Crippen molar-refractivity contribution in [1.82, 2.24) is 0 Å². The lowest BCUT2D eigenvalue weighted by Crippen LogP contribution is -2.57. The molecule has 3 N–H and O–H groups in total.